The number of anilines is 1. The van der Waals surface area contributed by atoms with Gasteiger partial charge in [0.05, 0.1) is 12.2 Å². The fraction of sp³-hybridized carbons (Fsp3) is 0.250. The molecule has 0 aliphatic heterocycles. The zero-order valence-corrected chi connectivity index (χ0v) is 21.7. The van der Waals surface area contributed by atoms with Crippen LogP contribution in [0.2, 0.25) is 0 Å². The van der Waals surface area contributed by atoms with Crippen molar-refractivity contribution in [3.63, 3.8) is 0 Å². The van der Waals surface area contributed by atoms with Crippen LogP contribution < -0.4 is 16.2 Å². The van der Waals surface area contributed by atoms with E-state index in [4.69, 9.17) is 25.7 Å². The van der Waals surface area contributed by atoms with Gasteiger partial charge in [-0.3, -0.25) is 4.79 Å². The molecule has 2 aromatic carbocycles. The number of furan rings is 1. The Morgan fingerprint density at radius 2 is 1.77 bits per heavy atom. The molecule has 12 heteroatoms. The molecule has 0 saturated heterocycles. The highest BCUT2D eigenvalue weighted by Gasteiger charge is 2.45. The molecule has 5 N–H and O–H groups in total. The number of rotatable bonds is 10. The quantitative estimate of drug-likeness (QED) is 0.254. The Morgan fingerprint density at radius 3 is 2.42 bits per heavy atom. The molecule has 210 valence electrons. The summed E-state index contributed by atoms with van der Waals surface area (Å²) in [5.74, 6) is -0.905. The molecule has 0 bridgehead atoms. The van der Waals surface area contributed by atoms with Gasteiger partial charge >= 0.3 is 12.1 Å². The fourth-order valence-corrected chi connectivity index (χ4v) is 4.10. The summed E-state index contributed by atoms with van der Waals surface area (Å²) < 4.78 is 54.5. The first-order valence-corrected chi connectivity index (χ1v) is 12.2. The molecule has 0 aliphatic rings. The minimum absolute atomic E-state index is 0.106. The summed E-state index contributed by atoms with van der Waals surface area (Å²) in [4.78, 5) is 20.9. The van der Waals surface area contributed by atoms with Gasteiger partial charge in [0.25, 0.3) is 0 Å². The van der Waals surface area contributed by atoms with Crippen LogP contribution in [0.1, 0.15) is 23.0 Å². The summed E-state index contributed by atoms with van der Waals surface area (Å²) in [6.45, 7) is 0.484. The average molecular weight is 556 g/mol. The van der Waals surface area contributed by atoms with Crippen molar-refractivity contribution in [1.82, 2.24) is 14.9 Å². The average Bonchev–Trinajstić information content (AvgIpc) is 3.34. The van der Waals surface area contributed by atoms with Gasteiger partial charge in [-0.25, -0.2) is 4.98 Å². The third kappa shape index (κ3) is 6.96. The molecule has 2 heterocycles. The topological polar surface area (TPSA) is 141 Å². The van der Waals surface area contributed by atoms with E-state index >= 15 is 0 Å². The highest BCUT2D eigenvalue weighted by Crippen LogP contribution is 2.41. The Labute approximate surface area is 228 Å². The number of nitrogens with zero attached hydrogens (tertiary/aromatic N) is 3. The van der Waals surface area contributed by atoms with Crippen LogP contribution in [0.5, 0.6) is 5.88 Å². The van der Waals surface area contributed by atoms with E-state index in [1.54, 1.807) is 42.5 Å². The van der Waals surface area contributed by atoms with Crippen molar-refractivity contribution >= 4 is 11.9 Å². The van der Waals surface area contributed by atoms with E-state index in [9.17, 15) is 18.0 Å². The van der Waals surface area contributed by atoms with Crippen molar-refractivity contribution in [2.45, 2.75) is 31.3 Å². The van der Waals surface area contributed by atoms with E-state index in [1.807, 2.05) is 19.0 Å². The minimum atomic E-state index is -4.81. The first-order valence-electron chi connectivity index (χ1n) is 12.2. The monoisotopic (exact) mass is 555 g/mol. The van der Waals surface area contributed by atoms with Gasteiger partial charge in [-0.15, -0.1) is 0 Å². The summed E-state index contributed by atoms with van der Waals surface area (Å²) in [5, 5.41) is 9.01. The minimum Gasteiger partial charge on any atom is -0.480 e. The van der Waals surface area contributed by atoms with Gasteiger partial charge in [0.1, 0.15) is 17.6 Å². The number of ether oxygens (including phenoxy) is 1. The van der Waals surface area contributed by atoms with Gasteiger partial charge in [0.15, 0.2) is 0 Å². The number of carbonyl (C=O) groups is 1. The van der Waals surface area contributed by atoms with Crippen LogP contribution in [0, 0.1) is 0 Å². The molecule has 0 radical (unpaired) electrons. The van der Waals surface area contributed by atoms with E-state index in [0.29, 0.717) is 23.4 Å². The molecule has 2 atom stereocenters. The predicted molar refractivity (Wildman–Crippen MR) is 142 cm³/mol. The van der Waals surface area contributed by atoms with Crippen molar-refractivity contribution in [2.75, 3.05) is 19.8 Å². The number of carboxylic acids is 1. The number of alkyl halides is 3. The molecule has 40 heavy (non-hydrogen) atoms. The zero-order valence-electron chi connectivity index (χ0n) is 21.7. The van der Waals surface area contributed by atoms with Crippen molar-refractivity contribution in [2.24, 2.45) is 5.73 Å². The second kappa shape index (κ2) is 11.8. The first-order chi connectivity index (χ1) is 18.9. The molecule has 4 aromatic rings. The number of aromatic nitrogens is 2. The molecule has 4 rings (SSSR count). The number of aliphatic carboxylic acids is 1. The Balaban J connectivity index is 1.65. The molecule has 2 aromatic heterocycles. The molecule has 0 spiro atoms. The van der Waals surface area contributed by atoms with Gasteiger partial charge in [-0.05, 0) is 38.2 Å². The largest absolute Gasteiger partial charge is 0.480 e. The van der Waals surface area contributed by atoms with Crippen molar-refractivity contribution < 1.29 is 32.2 Å². The van der Waals surface area contributed by atoms with Crippen LogP contribution in [0.3, 0.4) is 0 Å². The Hall–Kier alpha value is -4.42. The number of hydrogen-bond acceptors (Lipinski definition) is 8. The van der Waals surface area contributed by atoms with Gasteiger partial charge in [-0.1, -0.05) is 48.5 Å². The van der Waals surface area contributed by atoms with Gasteiger partial charge in [0.2, 0.25) is 17.9 Å². The zero-order chi connectivity index (χ0) is 29.0. The Morgan fingerprint density at radius 1 is 1.07 bits per heavy atom. The van der Waals surface area contributed by atoms with E-state index in [1.165, 1.54) is 24.3 Å². The lowest BCUT2D eigenvalue weighted by Gasteiger charge is -2.23. The van der Waals surface area contributed by atoms with Crippen LogP contribution in [-0.2, 0) is 17.8 Å². The number of halogens is 3. The third-order valence-electron chi connectivity index (χ3n) is 5.92. The fourth-order valence-electron chi connectivity index (χ4n) is 4.10. The molecule has 9 nitrogen and oxygen atoms in total. The SMILES string of the molecule is CN(C)Cc1ccc(-c2ccccc2C(Oc2cc(-c3ccc(CC(N)C(=O)O)cc3)nc(N)n2)C(F)(F)F)o1. The second-order valence-corrected chi connectivity index (χ2v) is 9.43. The van der Waals surface area contributed by atoms with Crippen LogP contribution in [0.4, 0.5) is 19.1 Å². The summed E-state index contributed by atoms with van der Waals surface area (Å²) in [6, 6.07) is 16.1. The van der Waals surface area contributed by atoms with Crippen molar-refractivity contribution in [3.8, 4) is 28.5 Å². The van der Waals surface area contributed by atoms with Gasteiger partial charge < -0.3 is 30.6 Å². The summed E-state index contributed by atoms with van der Waals surface area (Å²) in [5.41, 5.74) is 12.9. The molecule has 0 saturated carbocycles. The van der Waals surface area contributed by atoms with E-state index in [0.717, 1.165) is 0 Å². The van der Waals surface area contributed by atoms with Crippen LogP contribution >= 0.6 is 0 Å². The Kier molecular flexibility index (Phi) is 8.40. The van der Waals surface area contributed by atoms with Gasteiger partial charge in [0, 0.05) is 22.8 Å². The van der Waals surface area contributed by atoms with E-state index in [-0.39, 0.29) is 40.8 Å². The summed E-state index contributed by atoms with van der Waals surface area (Å²) in [7, 11) is 3.71. The number of nitrogen functional groups attached to an aromatic ring is 1. The molecule has 0 fully saturated rings. The van der Waals surface area contributed by atoms with Crippen LogP contribution in [-0.4, -0.2) is 52.3 Å². The number of hydrogen-bond donors (Lipinski definition) is 3. The molecule has 2 unspecified atom stereocenters. The van der Waals surface area contributed by atoms with E-state index in [2.05, 4.69) is 9.97 Å². The van der Waals surface area contributed by atoms with Crippen LogP contribution in [0.15, 0.2) is 71.1 Å². The summed E-state index contributed by atoms with van der Waals surface area (Å²) in [6.07, 6.45) is -7.08. The number of benzene rings is 2. The lowest BCUT2D eigenvalue weighted by molar-refractivity contribution is -0.198. The third-order valence-corrected chi connectivity index (χ3v) is 5.92. The lowest BCUT2D eigenvalue weighted by atomic mass is 10.00. The summed E-state index contributed by atoms with van der Waals surface area (Å²) >= 11 is 0. The molecular formula is C28H28F3N5O4. The number of nitrogens with two attached hydrogens (primary N) is 2. The molecule has 0 amide bonds. The maximum Gasteiger partial charge on any atom is 0.429 e. The predicted octanol–water partition coefficient (Wildman–Crippen LogP) is 4.68. The maximum absolute atomic E-state index is 14.4. The van der Waals surface area contributed by atoms with Gasteiger partial charge in [-0.2, -0.15) is 18.2 Å². The Bertz CT molecular complexity index is 1470. The molecular weight excluding hydrogens is 527 g/mol. The first kappa shape index (κ1) is 28.6. The van der Waals surface area contributed by atoms with Crippen molar-refractivity contribution in [1.29, 1.82) is 0 Å². The normalized spacial score (nSPS) is 13.3. The number of carboxylic acid groups (broad SMARTS) is 1. The highest BCUT2D eigenvalue weighted by atomic mass is 19.4. The highest BCUT2D eigenvalue weighted by molar-refractivity contribution is 5.73. The maximum atomic E-state index is 14.4. The second-order valence-electron chi connectivity index (χ2n) is 9.43. The molecule has 0 aliphatic carbocycles. The van der Waals surface area contributed by atoms with E-state index < -0.39 is 24.3 Å². The standard InChI is InChI=1S/C28H28F3N5O4/c1-36(2)15-18-11-12-23(39-18)19-5-3-4-6-20(19)25(28(29,30)31)40-24-14-22(34-27(33)35-24)17-9-7-16(8-10-17)13-21(32)26(37)38/h3-12,14,21,25H,13,15,32H2,1-2H3,(H,37,38)(H2,33,34,35). The lowest BCUT2D eigenvalue weighted by Crippen LogP contribution is -2.32. The van der Waals surface area contributed by atoms with Crippen LogP contribution in [0.25, 0.3) is 22.6 Å². The smallest absolute Gasteiger partial charge is 0.429 e. The van der Waals surface area contributed by atoms with Crippen molar-refractivity contribution in [3.05, 3.63) is 83.6 Å².